The number of nitrogens with one attached hydrogen (secondary N) is 1. The van der Waals surface area contributed by atoms with Crippen LogP contribution in [0.25, 0.3) is 0 Å². The van der Waals surface area contributed by atoms with Gasteiger partial charge in [-0.1, -0.05) is 13.3 Å². The van der Waals surface area contributed by atoms with Crippen molar-refractivity contribution >= 4 is 15.7 Å². The highest BCUT2D eigenvalue weighted by atomic mass is 32.2. The van der Waals surface area contributed by atoms with E-state index in [1.165, 1.54) is 6.26 Å². The van der Waals surface area contributed by atoms with Crippen LogP contribution in [0.15, 0.2) is 23.2 Å². The fourth-order valence-corrected chi connectivity index (χ4v) is 2.86. The van der Waals surface area contributed by atoms with E-state index in [9.17, 15) is 8.42 Å². The second kappa shape index (κ2) is 7.45. The van der Waals surface area contributed by atoms with Crippen LogP contribution in [-0.4, -0.2) is 32.7 Å². The van der Waals surface area contributed by atoms with Gasteiger partial charge in [0.1, 0.15) is 10.7 Å². The van der Waals surface area contributed by atoms with E-state index >= 15 is 0 Å². The molecule has 1 atom stereocenters. The number of anilines is 1. The summed E-state index contributed by atoms with van der Waals surface area (Å²) in [5.74, 6) is 0.882. The van der Waals surface area contributed by atoms with E-state index in [1.807, 2.05) is 0 Å². The van der Waals surface area contributed by atoms with Gasteiger partial charge < -0.3 is 11.1 Å². The maximum atomic E-state index is 11.6. The molecule has 0 aliphatic heterocycles. The highest BCUT2D eigenvalue weighted by molar-refractivity contribution is 7.90. The van der Waals surface area contributed by atoms with Gasteiger partial charge in [-0.15, -0.1) is 0 Å². The second-order valence-corrected chi connectivity index (χ2v) is 6.72. The average Bonchev–Trinajstić information content (AvgIpc) is 2.36. The molecule has 5 nitrogen and oxygen atoms in total. The predicted molar refractivity (Wildman–Crippen MR) is 77.9 cm³/mol. The number of nitrogens with two attached hydrogens (primary N) is 1. The van der Waals surface area contributed by atoms with Crippen LogP contribution in [0.1, 0.15) is 26.2 Å². The van der Waals surface area contributed by atoms with Crippen molar-refractivity contribution in [1.29, 1.82) is 0 Å². The van der Waals surface area contributed by atoms with E-state index < -0.39 is 9.84 Å². The van der Waals surface area contributed by atoms with E-state index in [0.717, 1.165) is 19.3 Å². The van der Waals surface area contributed by atoms with Crippen LogP contribution >= 0.6 is 0 Å². The van der Waals surface area contributed by atoms with Gasteiger partial charge in [0.25, 0.3) is 0 Å². The summed E-state index contributed by atoms with van der Waals surface area (Å²) in [4.78, 5) is 4.36. The van der Waals surface area contributed by atoms with Gasteiger partial charge >= 0.3 is 0 Å². The Balaban J connectivity index is 2.77. The molecule has 0 radical (unpaired) electrons. The van der Waals surface area contributed by atoms with Crippen molar-refractivity contribution in [2.45, 2.75) is 31.1 Å². The summed E-state index contributed by atoms with van der Waals surface area (Å²) in [6.07, 6.45) is 5.88. The van der Waals surface area contributed by atoms with Crippen LogP contribution in [0.4, 0.5) is 5.82 Å². The van der Waals surface area contributed by atoms with E-state index in [2.05, 4.69) is 17.2 Å². The van der Waals surface area contributed by atoms with Gasteiger partial charge in [0, 0.05) is 19.0 Å². The zero-order valence-electron chi connectivity index (χ0n) is 11.6. The number of nitrogens with zero attached hydrogens (tertiary/aromatic N) is 1. The molecule has 0 aliphatic rings. The van der Waals surface area contributed by atoms with Crippen molar-refractivity contribution in [2.75, 3.05) is 24.7 Å². The number of hydrogen-bond acceptors (Lipinski definition) is 5. The molecule has 1 rings (SSSR count). The smallest absolute Gasteiger partial charge is 0.179 e. The summed E-state index contributed by atoms with van der Waals surface area (Å²) in [5, 5.41) is 3.14. The molecule has 0 saturated heterocycles. The summed E-state index contributed by atoms with van der Waals surface area (Å²) in [6, 6.07) is 3.20. The first-order valence-electron chi connectivity index (χ1n) is 6.58. The Hall–Kier alpha value is -1.14. The Bertz CT molecular complexity index is 482. The largest absolute Gasteiger partial charge is 0.369 e. The number of sulfone groups is 1. The standard InChI is InChI=1S/C13H23N3O2S/c1-3-5-11(7-8-14)10-16-13-12(19(2,17)18)6-4-9-15-13/h4,6,9,11H,3,5,7-8,10,14H2,1-2H3,(H,15,16). The molecule has 1 heterocycles. The Morgan fingerprint density at radius 3 is 2.74 bits per heavy atom. The normalized spacial score (nSPS) is 13.2. The molecule has 0 amide bonds. The first-order valence-corrected chi connectivity index (χ1v) is 8.47. The number of pyridine rings is 1. The quantitative estimate of drug-likeness (QED) is 0.759. The van der Waals surface area contributed by atoms with Gasteiger partial charge in [0.05, 0.1) is 0 Å². The molecule has 1 aromatic rings. The van der Waals surface area contributed by atoms with Crippen molar-refractivity contribution < 1.29 is 8.42 Å². The van der Waals surface area contributed by atoms with E-state index in [-0.39, 0.29) is 4.90 Å². The number of hydrogen-bond donors (Lipinski definition) is 2. The Morgan fingerprint density at radius 2 is 2.16 bits per heavy atom. The lowest BCUT2D eigenvalue weighted by Crippen LogP contribution is -2.19. The topological polar surface area (TPSA) is 85.1 Å². The molecule has 0 aliphatic carbocycles. The molecular formula is C13H23N3O2S. The monoisotopic (exact) mass is 285 g/mol. The third-order valence-corrected chi connectivity index (χ3v) is 4.13. The SMILES string of the molecule is CCCC(CCN)CNc1ncccc1S(C)(=O)=O. The molecule has 0 fully saturated rings. The minimum atomic E-state index is -3.26. The molecule has 108 valence electrons. The van der Waals surface area contributed by atoms with Crippen LogP contribution in [0.3, 0.4) is 0 Å². The molecule has 6 heteroatoms. The molecule has 3 N–H and O–H groups in total. The van der Waals surface area contributed by atoms with Crippen LogP contribution in [0, 0.1) is 5.92 Å². The van der Waals surface area contributed by atoms with Crippen LogP contribution in [0.2, 0.25) is 0 Å². The van der Waals surface area contributed by atoms with Gasteiger partial charge in [-0.3, -0.25) is 0 Å². The molecule has 19 heavy (non-hydrogen) atoms. The summed E-state index contributed by atoms with van der Waals surface area (Å²) in [6.45, 7) is 3.48. The molecule has 1 aromatic heterocycles. The minimum absolute atomic E-state index is 0.248. The van der Waals surface area contributed by atoms with Crippen LogP contribution in [0.5, 0.6) is 0 Å². The van der Waals surface area contributed by atoms with Crippen molar-refractivity contribution in [3.63, 3.8) is 0 Å². The third kappa shape index (κ3) is 5.16. The molecular weight excluding hydrogens is 262 g/mol. The summed E-state index contributed by atoms with van der Waals surface area (Å²) in [5.41, 5.74) is 5.59. The van der Waals surface area contributed by atoms with Gasteiger partial charge in [-0.25, -0.2) is 13.4 Å². The fraction of sp³-hybridized carbons (Fsp3) is 0.615. The minimum Gasteiger partial charge on any atom is -0.369 e. The Morgan fingerprint density at radius 1 is 1.42 bits per heavy atom. The predicted octanol–water partition coefficient (Wildman–Crippen LogP) is 1.66. The van der Waals surface area contributed by atoms with Gasteiger partial charge in [-0.2, -0.15) is 0 Å². The number of aromatic nitrogens is 1. The molecule has 0 bridgehead atoms. The van der Waals surface area contributed by atoms with Crippen LogP contribution < -0.4 is 11.1 Å². The lowest BCUT2D eigenvalue weighted by atomic mass is 10.00. The Kier molecular flexibility index (Phi) is 6.24. The average molecular weight is 285 g/mol. The molecule has 0 spiro atoms. The second-order valence-electron chi connectivity index (χ2n) is 4.74. The van der Waals surface area contributed by atoms with E-state index in [1.54, 1.807) is 18.3 Å². The van der Waals surface area contributed by atoms with Gasteiger partial charge in [0.15, 0.2) is 9.84 Å². The van der Waals surface area contributed by atoms with Crippen LogP contribution in [-0.2, 0) is 9.84 Å². The lowest BCUT2D eigenvalue weighted by molar-refractivity contribution is 0.472. The highest BCUT2D eigenvalue weighted by Gasteiger charge is 2.15. The molecule has 1 unspecified atom stereocenters. The lowest BCUT2D eigenvalue weighted by Gasteiger charge is -2.17. The maximum Gasteiger partial charge on any atom is 0.179 e. The van der Waals surface area contributed by atoms with Crippen molar-refractivity contribution in [1.82, 2.24) is 4.98 Å². The first-order chi connectivity index (χ1) is 8.99. The third-order valence-electron chi connectivity index (χ3n) is 3.00. The number of rotatable bonds is 8. The van der Waals surface area contributed by atoms with Gasteiger partial charge in [0.2, 0.25) is 0 Å². The van der Waals surface area contributed by atoms with E-state index in [0.29, 0.717) is 24.8 Å². The molecule has 0 saturated carbocycles. The van der Waals surface area contributed by atoms with E-state index in [4.69, 9.17) is 5.73 Å². The summed E-state index contributed by atoms with van der Waals surface area (Å²) >= 11 is 0. The van der Waals surface area contributed by atoms with Crippen molar-refractivity contribution in [2.24, 2.45) is 11.7 Å². The first kappa shape index (κ1) is 15.9. The van der Waals surface area contributed by atoms with Crippen molar-refractivity contribution in [3.8, 4) is 0 Å². The zero-order valence-corrected chi connectivity index (χ0v) is 12.4. The Labute approximate surface area is 115 Å². The zero-order chi connectivity index (χ0) is 14.3. The highest BCUT2D eigenvalue weighted by Crippen LogP contribution is 2.19. The fourth-order valence-electron chi connectivity index (χ4n) is 2.06. The maximum absolute atomic E-state index is 11.6. The van der Waals surface area contributed by atoms with Gasteiger partial charge in [-0.05, 0) is 37.4 Å². The van der Waals surface area contributed by atoms with Crippen molar-refractivity contribution in [3.05, 3.63) is 18.3 Å². The summed E-state index contributed by atoms with van der Waals surface area (Å²) in [7, 11) is -3.26. The summed E-state index contributed by atoms with van der Waals surface area (Å²) < 4.78 is 23.3. The molecule has 0 aromatic carbocycles.